The molecule has 0 aliphatic heterocycles. The molecule has 0 atom stereocenters. The van der Waals surface area contributed by atoms with Gasteiger partial charge in [-0.25, -0.2) is 4.98 Å². The maximum atomic E-state index is 12.1. The average molecular weight is 291 g/mol. The second-order valence-electron chi connectivity index (χ2n) is 3.49. The van der Waals surface area contributed by atoms with E-state index in [9.17, 15) is 8.78 Å². The number of nitrogen functional groups attached to an aromatic ring is 1. The third kappa shape index (κ3) is 3.30. The van der Waals surface area contributed by atoms with Crippen LogP contribution in [-0.4, -0.2) is 11.6 Å². The van der Waals surface area contributed by atoms with Crippen molar-refractivity contribution in [3.63, 3.8) is 0 Å². The number of ether oxygens (including phenoxy) is 1. The Kier molecular flexibility index (Phi) is 3.98. The first kappa shape index (κ1) is 13.0. The predicted octanol–water partition coefficient (Wildman–Crippen LogP) is 3.57. The van der Waals surface area contributed by atoms with Crippen LogP contribution in [-0.2, 0) is 6.42 Å². The van der Waals surface area contributed by atoms with Crippen molar-refractivity contribution in [3.8, 4) is 5.75 Å². The fraction of sp³-hybridized carbons (Fsp3) is 0.182. The van der Waals surface area contributed by atoms with E-state index in [1.807, 2.05) is 0 Å². The standard InChI is InChI=1S/C11H9ClF2N2OS/c12-9-2-1-8(17-10(13)14)4-6(9)3-7-5-18-11(15)16-7/h1-2,4-5,10H,3H2,(H2,15,16). The summed E-state index contributed by atoms with van der Waals surface area (Å²) in [6, 6.07) is 4.39. The molecule has 18 heavy (non-hydrogen) atoms. The molecule has 7 heteroatoms. The number of anilines is 1. The van der Waals surface area contributed by atoms with Crippen molar-refractivity contribution in [2.24, 2.45) is 0 Å². The Morgan fingerprint density at radius 3 is 2.83 bits per heavy atom. The van der Waals surface area contributed by atoms with Crippen LogP contribution < -0.4 is 10.5 Å². The van der Waals surface area contributed by atoms with Crippen molar-refractivity contribution in [1.82, 2.24) is 4.98 Å². The van der Waals surface area contributed by atoms with Gasteiger partial charge in [0.15, 0.2) is 5.13 Å². The van der Waals surface area contributed by atoms with Gasteiger partial charge in [-0.2, -0.15) is 8.78 Å². The average Bonchev–Trinajstić information content (AvgIpc) is 2.68. The van der Waals surface area contributed by atoms with Crippen LogP contribution in [0.15, 0.2) is 23.6 Å². The molecular formula is C11H9ClF2N2OS. The quantitative estimate of drug-likeness (QED) is 0.936. The molecule has 0 radical (unpaired) electrons. The molecule has 0 saturated heterocycles. The fourth-order valence-electron chi connectivity index (χ4n) is 1.46. The van der Waals surface area contributed by atoms with Crippen molar-refractivity contribution in [2.75, 3.05) is 5.73 Å². The number of rotatable bonds is 4. The smallest absolute Gasteiger partial charge is 0.387 e. The molecule has 1 aromatic carbocycles. The molecule has 0 fully saturated rings. The van der Waals surface area contributed by atoms with Crippen LogP contribution in [0.2, 0.25) is 5.02 Å². The highest BCUT2D eigenvalue weighted by atomic mass is 35.5. The number of benzene rings is 1. The van der Waals surface area contributed by atoms with Gasteiger partial charge in [0, 0.05) is 16.8 Å². The van der Waals surface area contributed by atoms with Crippen molar-refractivity contribution in [3.05, 3.63) is 39.9 Å². The summed E-state index contributed by atoms with van der Waals surface area (Å²) in [5.74, 6) is 0.0765. The minimum Gasteiger partial charge on any atom is -0.435 e. The molecule has 0 spiro atoms. The van der Waals surface area contributed by atoms with E-state index in [0.29, 0.717) is 22.1 Å². The minimum atomic E-state index is -2.85. The Morgan fingerprint density at radius 1 is 1.44 bits per heavy atom. The Morgan fingerprint density at radius 2 is 2.22 bits per heavy atom. The van der Waals surface area contributed by atoms with E-state index in [0.717, 1.165) is 5.69 Å². The normalized spacial score (nSPS) is 10.9. The molecule has 0 aliphatic rings. The number of hydrogen-bond donors (Lipinski definition) is 1. The molecule has 0 unspecified atom stereocenters. The molecule has 0 bridgehead atoms. The Hall–Kier alpha value is -1.40. The molecule has 1 heterocycles. The number of alkyl halides is 2. The Labute approximate surface area is 111 Å². The summed E-state index contributed by atoms with van der Waals surface area (Å²) in [5.41, 5.74) is 6.93. The lowest BCUT2D eigenvalue weighted by Crippen LogP contribution is -2.02. The fourth-order valence-corrected chi connectivity index (χ4v) is 2.21. The molecule has 2 aromatic rings. The molecule has 1 aromatic heterocycles. The number of hydrogen-bond acceptors (Lipinski definition) is 4. The van der Waals surface area contributed by atoms with Gasteiger partial charge in [-0.3, -0.25) is 0 Å². The predicted molar refractivity (Wildman–Crippen MR) is 67.4 cm³/mol. The maximum Gasteiger partial charge on any atom is 0.387 e. The van der Waals surface area contributed by atoms with Crippen molar-refractivity contribution >= 4 is 28.1 Å². The lowest BCUT2D eigenvalue weighted by atomic mass is 10.1. The zero-order valence-corrected chi connectivity index (χ0v) is 10.6. The highest BCUT2D eigenvalue weighted by molar-refractivity contribution is 7.13. The number of aromatic nitrogens is 1. The van der Waals surface area contributed by atoms with Crippen LogP contribution in [0.3, 0.4) is 0 Å². The van der Waals surface area contributed by atoms with Crippen LogP contribution in [0.25, 0.3) is 0 Å². The molecule has 0 aliphatic carbocycles. The third-order valence-corrected chi connectivity index (χ3v) is 3.27. The van der Waals surface area contributed by atoms with Gasteiger partial charge in [-0.05, 0) is 23.8 Å². The van der Waals surface area contributed by atoms with Crippen LogP contribution in [0.4, 0.5) is 13.9 Å². The SMILES string of the molecule is Nc1nc(Cc2cc(OC(F)F)ccc2Cl)cs1. The van der Waals surface area contributed by atoms with Crippen LogP contribution in [0, 0.1) is 0 Å². The third-order valence-electron chi connectivity index (χ3n) is 2.18. The maximum absolute atomic E-state index is 12.1. The summed E-state index contributed by atoms with van der Waals surface area (Å²) in [7, 11) is 0. The van der Waals surface area contributed by atoms with Crippen molar-refractivity contribution < 1.29 is 13.5 Å². The lowest BCUT2D eigenvalue weighted by Gasteiger charge is -2.07. The first-order chi connectivity index (χ1) is 8.54. The summed E-state index contributed by atoms with van der Waals surface area (Å²) in [6.07, 6.45) is 0.424. The van der Waals surface area contributed by atoms with E-state index < -0.39 is 6.61 Å². The molecule has 96 valence electrons. The molecule has 2 N–H and O–H groups in total. The number of halogens is 3. The van der Waals surface area contributed by atoms with E-state index in [1.165, 1.54) is 29.5 Å². The highest BCUT2D eigenvalue weighted by Crippen LogP contribution is 2.26. The van der Waals surface area contributed by atoms with E-state index in [1.54, 1.807) is 5.38 Å². The summed E-state index contributed by atoms with van der Waals surface area (Å²) in [5, 5.41) is 2.73. The van der Waals surface area contributed by atoms with Gasteiger partial charge >= 0.3 is 6.61 Å². The van der Waals surface area contributed by atoms with Gasteiger partial charge in [-0.1, -0.05) is 11.6 Å². The van der Waals surface area contributed by atoms with E-state index in [2.05, 4.69) is 9.72 Å². The number of nitrogens with zero attached hydrogens (tertiary/aromatic N) is 1. The van der Waals surface area contributed by atoms with Crippen LogP contribution in [0.1, 0.15) is 11.3 Å². The molecule has 2 rings (SSSR count). The molecule has 0 saturated carbocycles. The van der Waals surface area contributed by atoms with Gasteiger partial charge in [0.1, 0.15) is 5.75 Å². The zero-order chi connectivity index (χ0) is 13.1. The van der Waals surface area contributed by atoms with E-state index >= 15 is 0 Å². The summed E-state index contributed by atoms with van der Waals surface area (Å²) in [4.78, 5) is 4.09. The zero-order valence-electron chi connectivity index (χ0n) is 9.07. The first-order valence-corrected chi connectivity index (χ1v) is 6.23. The Balaban J connectivity index is 2.20. The Bertz CT molecular complexity index is 548. The molecule has 0 amide bonds. The van der Waals surface area contributed by atoms with E-state index in [4.69, 9.17) is 17.3 Å². The van der Waals surface area contributed by atoms with Gasteiger partial charge in [-0.15, -0.1) is 11.3 Å². The summed E-state index contributed by atoms with van der Waals surface area (Å²) >= 11 is 7.31. The van der Waals surface area contributed by atoms with Crippen LogP contribution >= 0.6 is 22.9 Å². The van der Waals surface area contributed by atoms with Gasteiger partial charge in [0.05, 0.1) is 5.69 Å². The van der Waals surface area contributed by atoms with Crippen molar-refractivity contribution in [1.29, 1.82) is 0 Å². The first-order valence-electron chi connectivity index (χ1n) is 4.97. The van der Waals surface area contributed by atoms with Gasteiger partial charge < -0.3 is 10.5 Å². The summed E-state index contributed by atoms with van der Waals surface area (Å²) < 4.78 is 28.5. The van der Waals surface area contributed by atoms with Crippen molar-refractivity contribution in [2.45, 2.75) is 13.0 Å². The molecule has 3 nitrogen and oxygen atoms in total. The largest absolute Gasteiger partial charge is 0.435 e. The monoisotopic (exact) mass is 290 g/mol. The summed E-state index contributed by atoms with van der Waals surface area (Å²) in [6.45, 7) is -2.85. The molecular weight excluding hydrogens is 282 g/mol. The number of thiazole rings is 1. The van der Waals surface area contributed by atoms with Crippen LogP contribution in [0.5, 0.6) is 5.75 Å². The van der Waals surface area contributed by atoms with Gasteiger partial charge in [0.2, 0.25) is 0 Å². The topological polar surface area (TPSA) is 48.1 Å². The lowest BCUT2D eigenvalue weighted by molar-refractivity contribution is -0.0498. The highest BCUT2D eigenvalue weighted by Gasteiger charge is 2.09. The van der Waals surface area contributed by atoms with E-state index in [-0.39, 0.29) is 5.75 Å². The minimum absolute atomic E-state index is 0.0765. The number of nitrogens with two attached hydrogens (primary N) is 1. The second-order valence-corrected chi connectivity index (χ2v) is 4.78. The van der Waals surface area contributed by atoms with Gasteiger partial charge in [0.25, 0.3) is 0 Å². The second kappa shape index (κ2) is 5.49.